The van der Waals surface area contributed by atoms with Crippen LogP contribution in [0.5, 0.6) is 0 Å². The van der Waals surface area contributed by atoms with Gasteiger partial charge in [0.1, 0.15) is 0 Å². The summed E-state index contributed by atoms with van der Waals surface area (Å²) < 4.78 is 0. The van der Waals surface area contributed by atoms with Crippen LogP contribution in [0.1, 0.15) is 0 Å². The Labute approximate surface area is 82.3 Å². The normalized spacial score (nSPS) is 8.08. The molecule has 12 heavy (non-hydrogen) atoms. The first-order valence-electron chi connectivity index (χ1n) is 2.96. The molecule has 0 aliphatic rings. The Morgan fingerprint density at radius 1 is 1.75 bits per heavy atom. The van der Waals surface area contributed by atoms with Gasteiger partial charge in [0.2, 0.25) is 5.24 Å². The lowest BCUT2D eigenvalue weighted by molar-refractivity contribution is -0.112. The first-order valence-corrected chi connectivity index (χ1v) is 3.34. The number of halogens is 2. The molecule has 0 fully saturated rings. The van der Waals surface area contributed by atoms with Crippen molar-refractivity contribution in [1.82, 2.24) is 4.90 Å². The van der Waals surface area contributed by atoms with Gasteiger partial charge in [-0.3, -0.25) is 10.2 Å². The zero-order chi connectivity index (χ0) is 8.85. The fourth-order valence-corrected chi connectivity index (χ4v) is 0.698. The van der Waals surface area contributed by atoms with E-state index in [2.05, 4.69) is 6.58 Å². The maximum absolute atomic E-state index is 10.4. The molecule has 4 nitrogen and oxygen atoms in total. The van der Waals surface area contributed by atoms with Crippen LogP contribution in [0.3, 0.4) is 0 Å². The van der Waals surface area contributed by atoms with Crippen molar-refractivity contribution in [3.8, 4) is 0 Å². The van der Waals surface area contributed by atoms with Crippen LogP contribution >= 0.6 is 24.0 Å². The van der Waals surface area contributed by atoms with Crippen molar-refractivity contribution in [2.45, 2.75) is 0 Å². The van der Waals surface area contributed by atoms with Crippen LogP contribution in [0, 0.1) is 5.41 Å². The third kappa shape index (κ3) is 6.00. The van der Waals surface area contributed by atoms with Gasteiger partial charge in [0.15, 0.2) is 5.96 Å². The highest BCUT2D eigenvalue weighted by Crippen LogP contribution is 1.90. The van der Waals surface area contributed by atoms with Gasteiger partial charge in [-0.15, -0.1) is 19.0 Å². The van der Waals surface area contributed by atoms with Crippen LogP contribution in [0.25, 0.3) is 0 Å². The molecule has 0 amide bonds. The second-order valence-corrected chi connectivity index (χ2v) is 2.33. The topological polar surface area (TPSA) is 70.2 Å². The molecule has 70 valence electrons. The van der Waals surface area contributed by atoms with E-state index in [0.29, 0.717) is 6.54 Å². The van der Waals surface area contributed by atoms with Crippen molar-refractivity contribution in [3.63, 3.8) is 0 Å². The molecule has 6 heteroatoms. The molecule has 3 N–H and O–H groups in total. The molecule has 0 aromatic heterocycles. The molecule has 0 bridgehead atoms. The minimum Gasteiger partial charge on any atom is -0.370 e. The minimum absolute atomic E-state index is 0. The van der Waals surface area contributed by atoms with Crippen molar-refractivity contribution in [1.29, 1.82) is 5.41 Å². The van der Waals surface area contributed by atoms with Crippen molar-refractivity contribution >= 4 is 35.2 Å². The summed E-state index contributed by atoms with van der Waals surface area (Å²) in [6.45, 7) is 3.74. The number of carbonyl (C=O) groups excluding carboxylic acids is 1. The predicted molar refractivity (Wildman–Crippen MR) is 51.8 cm³/mol. The number of carbonyl (C=O) groups is 1. The van der Waals surface area contributed by atoms with Gasteiger partial charge < -0.3 is 10.6 Å². The van der Waals surface area contributed by atoms with Crippen molar-refractivity contribution in [2.75, 3.05) is 13.1 Å². The van der Waals surface area contributed by atoms with E-state index in [0.717, 1.165) is 0 Å². The molecular formula is C6H11Cl2N3O. The Morgan fingerprint density at radius 2 is 2.25 bits per heavy atom. The summed E-state index contributed by atoms with van der Waals surface area (Å²) in [4.78, 5) is 11.7. The number of nitrogens with zero attached hydrogens (tertiary/aromatic N) is 1. The fraction of sp³-hybridized carbons (Fsp3) is 0.333. The zero-order valence-electron chi connectivity index (χ0n) is 6.42. The van der Waals surface area contributed by atoms with Crippen LogP contribution in [-0.2, 0) is 4.79 Å². The molecule has 0 aliphatic carbocycles. The Balaban J connectivity index is 0. The van der Waals surface area contributed by atoms with E-state index < -0.39 is 5.24 Å². The lowest BCUT2D eigenvalue weighted by Crippen LogP contribution is -2.39. The van der Waals surface area contributed by atoms with Crippen LogP contribution in [0.4, 0.5) is 0 Å². The summed E-state index contributed by atoms with van der Waals surface area (Å²) in [6.07, 6.45) is 1.54. The maximum Gasteiger partial charge on any atom is 0.241 e. The smallest absolute Gasteiger partial charge is 0.241 e. The summed E-state index contributed by atoms with van der Waals surface area (Å²) in [6, 6.07) is 0. The Morgan fingerprint density at radius 3 is 2.50 bits per heavy atom. The summed E-state index contributed by atoms with van der Waals surface area (Å²) in [5.74, 6) is -0.182. The van der Waals surface area contributed by atoms with E-state index in [1.165, 1.54) is 4.90 Å². The maximum atomic E-state index is 10.4. The van der Waals surface area contributed by atoms with Gasteiger partial charge >= 0.3 is 0 Å². The van der Waals surface area contributed by atoms with Gasteiger partial charge in [-0.05, 0) is 11.6 Å². The molecule has 0 spiro atoms. The number of nitrogens with two attached hydrogens (primary N) is 1. The van der Waals surface area contributed by atoms with Gasteiger partial charge in [0.25, 0.3) is 0 Å². The lowest BCUT2D eigenvalue weighted by atomic mass is 10.5. The second-order valence-electron chi connectivity index (χ2n) is 1.91. The van der Waals surface area contributed by atoms with Crippen molar-refractivity contribution < 1.29 is 4.79 Å². The standard InChI is InChI=1S/C6H10ClN3O.ClH/c1-2-3-10(6(8)9)4-5(7)11;/h2H,1,3-4H2,(H3,8,9);1H. The number of hydrogen-bond acceptors (Lipinski definition) is 2. The van der Waals surface area contributed by atoms with Crippen molar-refractivity contribution in [2.24, 2.45) is 5.73 Å². The number of rotatable bonds is 4. The van der Waals surface area contributed by atoms with E-state index in [9.17, 15) is 4.79 Å². The first-order chi connectivity index (χ1) is 5.07. The van der Waals surface area contributed by atoms with E-state index in [1.807, 2.05) is 0 Å². The van der Waals surface area contributed by atoms with Crippen molar-refractivity contribution in [3.05, 3.63) is 12.7 Å². The molecule has 0 heterocycles. The summed E-state index contributed by atoms with van der Waals surface area (Å²) in [5.41, 5.74) is 5.12. The summed E-state index contributed by atoms with van der Waals surface area (Å²) in [7, 11) is 0. The molecule has 0 aromatic carbocycles. The van der Waals surface area contributed by atoms with E-state index in [-0.39, 0.29) is 24.9 Å². The number of guanidine groups is 1. The van der Waals surface area contributed by atoms with Gasteiger partial charge in [-0.1, -0.05) is 6.08 Å². The molecule has 0 atom stereocenters. The molecule has 0 rings (SSSR count). The SMILES string of the molecule is C=CCN(CC(=O)Cl)C(=N)N.Cl. The molecule has 0 saturated carbocycles. The fourth-order valence-electron chi connectivity index (χ4n) is 0.554. The summed E-state index contributed by atoms with van der Waals surface area (Å²) in [5, 5.41) is 6.45. The molecule has 0 aliphatic heterocycles. The van der Waals surface area contributed by atoms with E-state index >= 15 is 0 Å². The third-order valence-electron chi connectivity index (χ3n) is 1.01. The van der Waals surface area contributed by atoms with Gasteiger partial charge in [-0.2, -0.15) is 0 Å². The minimum atomic E-state index is -0.540. The first kappa shape index (κ1) is 13.8. The van der Waals surface area contributed by atoms with Crippen LogP contribution in [-0.4, -0.2) is 29.2 Å². The molecule has 0 unspecified atom stereocenters. The highest BCUT2D eigenvalue weighted by atomic mass is 35.5. The molecule has 0 saturated heterocycles. The summed E-state index contributed by atoms with van der Waals surface area (Å²) >= 11 is 5.09. The Kier molecular flexibility index (Phi) is 7.99. The van der Waals surface area contributed by atoms with Gasteiger partial charge in [0.05, 0.1) is 6.54 Å². The average molecular weight is 212 g/mol. The van der Waals surface area contributed by atoms with Crippen LogP contribution in [0.2, 0.25) is 0 Å². The van der Waals surface area contributed by atoms with Crippen LogP contribution in [0.15, 0.2) is 12.7 Å². The highest BCUT2D eigenvalue weighted by Gasteiger charge is 2.07. The average Bonchev–Trinajstić information content (AvgIpc) is 1.86. The molecule has 0 aromatic rings. The molecule has 0 radical (unpaired) electrons. The monoisotopic (exact) mass is 211 g/mol. The van der Waals surface area contributed by atoms with E-state index in [4.69, 9.17) is 22.7 Å². The lowest BCUT2D eigenvalue weighted by Gasteiger charge is -2.17. The zero-order valence-corrected chi connectivity index (χ0v) is 7.99. The highest BCUT2D eigenvalue weighted by molar-refractivity contribution is 6.64. The largest absolute Gasteiger partial charge is 0.370 e. The van der Waals surface area contributed by atoms with Gasteiger partial charge in [-0.25, -0.2) is 0 Å². The quantitative estimate of drug-likeness (QED) is 0.309. The van der Waals surface area contributed by atoms with E-state index in [1.54, 1.807) is 6.08 Å². The Hall–Kier alpha value is -0.740. The third-order valence-corrected chi connectivity index (χ3v) is 1.12. The predicted octanol–water partition coefficient (Wildman–Crippen LogP) is 0.555. The van der Waals surface area contributed by atoms with Gasteiger partial charge in [0, 0.05) is 6.54 Å². The van der Waals surface area contributed by atoms with Crippen LogP contribution < -0.4 is 5.73 Å². The molecular weight excluding hydrogens is 201 g/mol. The number of hydrogen-bond donors (Lipinski definition) is 2. The Bertz CT molecular complexity index is 184. The number of nitrogens with one attached hydrogen (secondary N) is 1. The second kappa shape index (κ2) is 6.94.